The Balaban J connectivity index is 1.53. The predicted octanol–water partition coefficient (Wildman–Crippen LogP) is 3.31. The van der Waals surface area contributed by atoms with Crippen LogP contribution in [0.2, 0.25) is 5.02 Å². The van der Waals surface area contributed by atoms with Crippen LogP contribution in [0.25, 0.3) is 0 Å². The van der Waals surface area contributed by atoms with Crippen molar-refractivity contribution in [3.8, 4) is 0 Å². The first-order valence-electron chi connectivity index (χ1n) is 8.71. The minimum Gasteiger partial charge on any atom is -0.378 e. The average Bonchev–Trinajstić information content (AvgIpc) is 3.07. The normalized spacial score (nSPS) is 16.8. The Morgan fingerprint density at radius 3 is 2.56 bits per heavy atom. The van der Waals surface area contributed by atoms with Crippen LogP contribution in [0, 0.1) is 0 Å². The fraction of sp³-hybridized carbons (Fsp3) is 0.350. The van der Waals surface area contributed by atoms with E-state index in [1.807, 2.05) is 29.2 Å². The molecule has 2 aromatic carbocycles. The van der Waals surface area contributed by atoms with E-state index in [1.54, 1.807) is 0 Å². The monoisotopic (exact) mass is 356 g/mol. The van der Waals surface area contributed by atoms with Gasteiger partial charge in [0.2, 0.25) is 5.91 Å². The van der Waals surface area contributed by atoms with Crippen molar-refractivity contribution in [1.82, 2.24) is 0 Å². The zero-order valence-electron chi connectivity index (χ0n) is 14.1. The fourth-order valence-corrected chi connectivity index (χ4v) is 3.64. The van der Waals surface area contributed by atoms with Crippen LogP contribution in [-0.2, 0) is 22.4 Å². The van der Waals surface area contributed by atoms with Gasteiger partial charge < -0.3 is 14.5 Å². The van der Waals surface area contributed by atoms with Crippen LogP contribution in [0.4, 0.5) is 11.4 Å². The molecule has 2 aliphatic heterocycles. The molecule has 5 heteroatoms. The molecule has 1 amide bonds. The minimum atomic E-state index is 0.139. The Morgan fingerprint density at radius 2 is 1.80 bits per heavy atom. The second-order valence-electron chi connectivity index (χ2n) is 6.51. The minimum absolute atomic E-state index is 0.139. The van der Waals surface area contributed by atoms with Crippen LogP contribution in [0.1, 0.15) is 11.1 Å². The highest BCUT2D eigenvalue weighted by molar-refractivity contribution is 6.30. The summed E-state index contributed by atoms with van der Waals surface area (Å²) in [5, 5.41) is 0.692. The summed E-state index contributed by atoms with van der Waals surface area (Å²) in [5.41, 5.74) is 4.48. The smallest absolute Gasteiger partial charge is 0.231 e. The van der Waals surface area contributed by atoms with Gasteiger partial charge in [-0.25, -0.2) is 0 Å². The van der Waals surface area contributed by atoms with Gasteiger partial charge in [-0.3, -0.25) is 4.79 Å². The number of hydrogen-bond acceptors (Lipinski definition) is 3. The standard InChI is InChI=1S/C20H21ClN2O2/c21-17-4-1-15(2-5-17)13-20(24)23-8-7-16-3-6-18(14-19(16)23)22-9-11-25-12-10-22/h1-6,14H,7-13H2. The summed E-state index contributed by atoms with van der Waals surface area (Å²) in [6.45, 7) is 4.08. The van der Waals surface area contributed by atoms with E-state index in [2.05, 4.69) is 23.1 Å². The number of amides is 1. The Hall–Kier alpha value is -2.04. The summed E-state index contributed by atoms with van der Waals surface area (Å²) < 4.78 is 5.43. The molecule has 2 heterocycles. The molecule has 25 heavy (non-hydrogen) atoms. The van der Waals surface area contributed by atoms with Crippen LogP contribution >= 0.6 is 11.6 Å². The number of ether oxygens (including phenoxy) is 1. The van der Waals surface area contributed by atoms with Crippen molar-refractivity contribution in [3.05, 3.63) is 58.6 Å². The molecule has 0 saturated carbocycles. The van der Waals surface area contributed by atoms with Crippen LogP contribution in [0.5, 0.6) is 0 Å². The van der Waals surface area contributed by atoms with E-state index in [0.717, 1.165) is 50.5 Å². The first-order valence-corrected chi connectivity index (χ1v) is 9.09. The zero-order valence-corrected chi connectivity index (χ0v) is 14.8. The van der Waals surface area contributed by atoms with Gasteiger partial charge in [0, 0.05) is 36.0 Å². The van der Waals surface area contributed by atoms with Crippen molar-refractivity contribution in [2.45, 2.75) is 12.8 Å². The van der Waals surface area contributed by atoms with Gasteiger partial charge in [0.1, 0.15) is 0 Å². The lowest BCUT2D eigenvalue weighted by atomic mass is 10.1. The summed E-state index contributed by atoms with van der Waals surface area (Å²) in [4.78, 5) is 17.1. The Kier molecular flexibility index (Phi) is 4.64. The van der Waals surface area contributed by atoms with Crippen LogP contribution in [0.15, 0.2) is 42.5 Å². The lowest BCUT2D eigenvalue weighted by molar-refractivity contribution is -0.117. The van der Waals surface area contributed by atoms with E-state index < -0.39 is 0 Å². The second kappa shape index (κ2) is 7.06. The Labute approximate surface area is 152 Å². The van der Waals surface area contributed by atoms with Crippen LogP contribution in [0.3, 0.4) is 0 Å². The topological polar surface area (TPSA) is 32.8 Å². The van der Waals surface area contributed by atoms with Gasteiger partial charge in [-0.1, -0.05) is 29.8 Å². The van der Waals surface area contributed by atoms with E-state index in [9.17, 15) is 4.79 Å². The van der Waals surface area contributed by atoms with E-state index >= 15 is 0 Å². The third-order valence-electron chi connectivity index (χ3n) is 4.91. The molecule has 0 aliphatic carbocycles. The molecule has 0 bridgehead atoms. The van der Waals surface area contributed by atoms with Crippen molar-refractivity contribution in [3.63, 3.8) is 0 Å². The summed E-state index contributed by atoms with van der Waals surface area (Å²) >= 11 is 5.92. The van der Waals surface area contributed by atoms with Crippen LogP contribution in [-0.4, -0.2) is 38.8 Å². The molecule has 1 fully saturated rings. The van der Waals surface area contributed by atoms with Gasteiger partial charge in [0.05, 0.1) is 19.6 Å². The lowest BCUT2D eigenvalue weighted by Gasteiger charge is -2.29. The average molecular weight is 357 g/mol. The van der Waals surface area contributed by atoms with Gasteiger partial charge in [-0.2, -0.15) is 0 Å². The van der Waals surface area contributed by atoms with Crippen molar-refractivity contribution < 1.29 is 9.53 Å². The number of rotatable bonds is 3. The maximum atomic E-state index is 12.8. The number of benzene rings is 2. The van der Waals surface area contributed by atoms with Gasteiger partial charge in [-0.15, -0.1) is 0 Å². The van der Waals surface area contributed by atoms with E-state index in [4.69, 9.17) is 16.3 Å². The van der Waals surface area contributed by atoms with E-state index in [-0.39, 0.29) is 5.91 Å². The first kappa shape index (κ1) is 16.4. The zero-order chi connectivity index (χ0) is 17.2. The number of halogens is 1. The predicted molar refractivity (Wildman–Crippen MR) is 101 cm³/mol. The van der Waals surface area contributed by atoms with Gasteiger partial charge in [-0.05, 0) is 41.8 Å². The third kappa shape index (κ3) is 3.51. The van der Waals surface area contributed by atoms with Crippen LogP contribution < -0.4 is 9.80 Å². The molecule has 1 saturated heterocycles. The highest BCUT2D eigenvalue weighted by atomic mass is 35.5. The molecule has 0 aromatic heterocycles. The van der Waals surface area contributed by atoms with E-state index in [0.29, 0.717) is 11.4 Å². The molecule has 4 rings (SSSR count). The highest BCUT2D eigenvalue weighted by Crippen LogP contribution is 2.33. The van der Waals surface area contributed by atoms with Crippen molar-refractivity contribution >= 4 is 28.9 Å². The molecule has 130 valence electrons. The fourth-order valence-electron chi connectivity index (χ4n) is 3.52. The molecule has 2 aliphatic rings. The Bertz CT molecular complexity index is 770. The summed E-state index contributed by atoms with van der Waals surface area (Å²) in [5.74, 6) is 0.139. The molecule has 0 spiro atoms. The molecular formula is C20H21ClN2O2. The first-order chi connectivity index (χ1) is 12.2. The largest absolute Gasteiger partial charge is 0.378 e. The quantitative estimate of drug-likeness (QED) is 0.845. The number of nitrogens with zero attached hydrogens (tertiary/aromatic N) is 2. The summed E-state index contributed by atoms with van der Waals surface area (Å²) in [6.07, 6.45) is 1.32. The van der Waals surface area contributed by atoms with Crippen molar-refractivity contribution in [2.75, 3.05) is 42.6 Å². The number of morpholine rings is 1. The Morgan fingerprint density at radius 1 is 1.04 bits per heavy atom. The molecule has 0 atom stereocenters. The molecule has 2 aromatic rings. The van der Waals surface area contributed by atoms with Crippen molar-refractivity contribution in [2.24, 2.45) is 0 Å². The van der Waals surface area contributed by atoms with Gasteiger partial charge in [0.15, 0.2) is 0 Å². The van der Waals surface area contributed by atoms with Crippen molar-refractivity contribution in [1.29, 1.82) is 0 Å². The van der Waals surface area contributed by atoms with Gasteiger partial charge >= 0.3 is 0 Å². The number of anilines is 2. The second-order valence-corrected chi connectivity index (χ2v) is 6.95. The number of carbonyl (C=O) groups is 1. The highest BCUT2D eigenvalue weighted by Gasteiger charge is 2.26. The summed E-state index contributed by atoms with van der Waals surface area (Å²) in [6, 6.07) is 14.0. The number of hydrogen-bond donors (Lipinski definition) is 0. The molecule has 0 unspecified atom stereocenters. The maximum absolute atomic E-state index is 12.8. The molecular weight excluding hydrogens is 336 g/mol. The SMILES string of the molecule is O=C(Cc1ccc(Cl)cc1)N1CCc2ccc(N3CCOCC3)cc21. The summed E-state index contributed by atoms with van der Waals surface area (Å²) in [7, 11) is 0. The number of fused-ring (bicyclic) bond motifs is 1. The van der Waals surface area contributed by atoms with Gasteiger partial charge in [0.25, 0.3) is 0 Å². The third-order valence-corrected chi connectivity index (χ3v) is 5.16. The number of carbonyl (C=O) groups excluding carboxylic acids is 1. The van der Waals surface area contributed by atoms with E-state index in [1.165, 1.54) is 11.3 Å². The maximum Gasteiger partial charge on any atom is 0.231 e. The molecule has 4 nitrogen and oxygen atoms in total. The molecule has 0 N–H and O–H groups in total. The molecule has 0 radical (unpaired) electrons. The lowest BCUT2D eigenvalue weighted by Crippen LogP contribution is -2.36.